The fraction of sp³-hybridized carbons (Fsp3) is 0.176. The molecule has 0 atom stereocenters. The number of carbonyl (C=O) groups excluding carboxylic acids is 1. The average molecular weight is 365 g/mol. The Morgan fingerprint density at radius 2 is 2.07 bits per heavy atom. The van der Waals surface area contributed by atoms with Crippen molar-refractivity contribution >= 4 is 11.6 Å². The van der Waals surface area contributed by atoms with Crippen molar-refractivity contribution in [3.05, 3.63) is 54.2 Å². The van der Waals surface area contributed by atoms with E-state index in [0.717, 1.165) is 11.1 Å². The molecule has 10 nitrogen and oxygen atoms in total. The summed E-state index contributed by atoms with van der Waals surface area (Å²) in [6.45, 7) is 1.98. The van der Waals surface area contributed by atoms with Gasteiger partial charge in [0.25, 0.3) is 5.91 Å². The second-order valence-corrected chi connectivity index (χ2v) is 5.70. The van der Waals surface area contributed by atoms with Gasteiger partial charge in [0, 0.05) is 25.1 Å². The van der Waals surface area contributed by atoms with Crippen molar-refractivity contribution in [1.29, 1.82) is 0 Å². The number of fused-ring (bicyclic) bond motifs is 1. The van der Waals surface area contributed by atoms with Crippen molar-refractivity contribution < 1.29 is 14.1 Å². The molecular formula is C17H15N7O3. The molecule has 0 aliphatic rings. The van der Waals surface area contributed by atoms with Gasteiger partial charge in [-0.1, -0.05) is 29.4 Å². The molecule has 0 aliphatic heterocycles. The van der Waals surface area contributed by atoms with Crippen molar-refractivity contribution in [2.45, 2.75) is 13.5 Å². The van der Waals surface area contributed by atoms with Gasteiger partial charge in [0.05, 0.1) is 0 Å². The molecule has 0 bridgehead atoms. The molecule has 10 heteroatoms. The summed E-state index contributed by atoms with van der Waals surface area (Å²) in [5.74, 6) is 1.11. The van der Waals surface area contributed by atoms with E-state index in [2.05, 4.69) is 30.8 Å². The Balaban J connectivity index is 1.28. The highest BCUT2D eigenvalue weighted by molar-refractivity contribution is 5.77. The van der Waals surface area contributed by atoms with Crippen LogP contribution in [0, 0.1) is 6.92 Å². The lowest BCUT2D eigenvalue weighted by molar-refractivity contribution is -0.123. The van der Waals surface area contributed by atoms with E-state index in [1.807, 2.05) is 24.3 Å². The van der Waals surface area contributed by atoms with Crippen LogP contribution in [0.25, 0.3) is 17.0 Å². The maximum Gasteiger partial charge on any atom is 0.258 e. The monoisotopic (exact) mass is 365 g/mol. The van der Waals surface area contributed by atoms with E-state index in [-0.39, 0.29) is 12.5 Å². The first-order valence-corrected chi connectivity index (χ1v) is 8.13. The molecule has 3 heterocycles. The van der Waals surface area contributed by atoms with Gasteiger partial charge in [-0.15, -0.1) is 15.3 Å². The molecule has 4 aromatic rings. The van der Waals surface area contributed by atoms with Gasteiger partial charge in [0.1, 0.15) is 6.33 Å². The van der Waals surface area contributed by atoms with Crippen LogP contribution in [0.1, 0.15) is 11.5 Å². The SMILES string of the molecule is Cc1nc(-c2ccc(CNC(=O)COc3ccc4nncn4n3)cc2)no1. The Kier molecular flexibility index (Phi) is 4.44. The summed E-state index contributed by atoms with van der Waals surface area (Å²) in [6, 6.07) is 10.9. The summed E-state index contributed by atoms with van der Waals surface area (Å²) in [7, 11) is 0. The zero-order valence-corrected chi connectivity index (χ0v) is 14.4. The van der Waals surface area contributed by atoms with Crippen molar-refractivity contribution in [3.63, 3.8) is 0 Å². The van der Waals surface area contributed by atoms with Crippen LogP contribution in [0.3, 0.4) is 0 Å². The van der Waals surface area contributed by atoms with Gasteiger partial charge >= 0.3 is 0 Å². The third-order valence-corrected chi connectivity index (χ3v) is 3.72. The van der Waals surface area contributed by atoms with E-state index in [0.29, 0.717) is 29.8 Å². The lowest BCUT2D eigenvalue weighted by Gasteiger charge is -2.07. The fourth-order valence-electron chi connectivity index (χ4n) is 2.37. The molecule has 4 rings (SSSR count). The number of benzene rings is 1. The first kappa shape index (κ1) is 16.6. The van der Waals surface area contributed by atoms with Gasteiger partial charge in [-0.25, -0.2) is 0 Å². The maximum atomic E-state index is 12.0. The number of nitrogens with zero attached hydrogens (tertiary/aromatic N) is 6. The van der Waals surface area contributed by atoms with Crippen LogP contribution in [0.15, 0.2) is 47.2 Å². The topological polar surface area (TPSA) is 120 Å². The van der Waals surface area contributed by atoms with Gasteiger partial charge < -0.3 is 14.6 Å². The van der Waals surface area contributed by atoms with Gasteiger partial charge in [-0.3, -0.25) is 4.79 Å². The third-order valence-electron chi connectivity index (χ3n) is 3.72. The highest BCUT2D eigenvalue weighted by Crippen LogP contribution is 2.16. The molecule has 0 saturated heterocycles. The van der Waals surface area contributed by atoms with Crippen molar-refractivity contribution in [3.8, 4) is 17.3 Å². The lowest BCUT2D eigenvalue weighted by Crippen LogP contribution is -2.28. The van der Waals surface area contributed by atoms with Crippen LogP contribution >= 0.6 is 0 Å². The predicted octanol–water partition coefficient (Wildman–Crippen LogP) is 1.18. The van der Waals surface area contributed by atoms with Crippen LogP contribution in [0.4, 0.5) is 0 Å². The molecule has 0 unspecified atom stereocenters. The molecule has 136 valence electrons. The van der Waals surface area contributed by atoms with E-state index >= 15 is 0 Å². The lowest BCUT2D eigenvalue weighted by atomic mass is 10.1. The van der Waals surface area contributed by atoms with Crippen molar-refractivity contribution in [2.24, 2.45) is 0 Å². The van der Waals surface area contributed by atoms with Gasteiger partial charge in [-0.05, 0) is 11.6 Å². The number of carbonyl (C=O) groups is 1. The van der Waals surface area contributed by atoms with Gasteiger partial charge in [0.15, 0.2) is 12.3 Å². The van der Waals surface area contributed by atoms with Gasteiger partial charge in [-0.2, -0.15) is 9.50 Å². The van der Waals surface area contributed by atoms with Crippen LogP contribution in [-0.2, 0) is 11.3 Å². The van der Waals surface area contributed by atoms with E-state index in [4.69, 9.17) is 9.26 Å². The van der Waals surface area contributed by atoms with Crippen LogP contribution in [-0.4, -0.2) is 42.5 Å². The number of aromatic nitrogens is 6. The molecule has 0 fully saturated rings. The normalized spacial score (nSPS) is 10.9. The molecule has 3 aromatic heterocycles. The van der Waals surface area contributed by atoms with E-state index in [1.54, 1.807) is 19.1 Å². The summed E-state index contributed by atoms with van der Waals surface area (Å²) in [4.78, 5) is 16.1. The molecule has 0 radical (unpaired) electrons. The zero-order valence-electron chi connectivity index (χ0n) is 14.4. The number of hydrogen-bond donors (Lipinski definition) is 1. The maximum absolute atomic E-state index is 12.0. The number of ether oxygens (including phenoxy) is 1. The first-order chi connectivity index (χ1) is 13.2. The zero-order chi connectivity index (χ0) is 18.6. The molecule has 1 aromatic carbocycles. The number of amides is 1. The van der Waals surface area contributed by atoms with E-state index in [1.165, 1.54) is 10.8 Å². The second kappa shape index (κ2) is 7.20. The highest BCUT2D eigenvalue weighted by Gasteiger charge is 2.07. The van der Waals surface area contributed by atoms with E-state index in [9.17, 15) is 4.79 Å². The predicted molar refractivity (Wildman–Crippen MR) is 92.6 cm³/mol. The largest absolute Gasteiger partial charge is 0.467 e. The summed E-state index contributed by atoms with van der Waals surface area (Å²) in [5, 5.41) is 18.4. The summed E-state index contributed by atoms with van der Waals surface area (Å²) < 4.78 is 11.8. The van der Waals surface area contributed by atoms with Crippen molar-refractivity contribution in [2.75, 3.05) is 6.61 Å². The average Bonchev–Trinajstić information content (AvgIpc) is 3.33. The molecule has 27 heavy (non-hydrogen) atoms. The van der Waals surface area contributed by atoms with Crippen LogP contribution < -0.4 is 10.1 Å². The summed E-state index contributed by atoms with van der Waals surface area (Å²) in [5.41, 5.74) is 2.39. The fourth-order valence-corrected chi connectivity index (χ4v) is 2.37. The Labute approximate surface area is 153 Å². The summed E-state index contributed by atoms with van der Waals surface area (Å²) in [6.07, 6.45) is 1.46. The Hall–Kier alpha value is -3.82. The molecule has 0 spiro atoms. The quantitative estimate of drug-likeness (QED) is 0.541. The first-order valence-electron chi connectivity index (χ1n) is 8.13. The molecule has 1 amide bonds. The minimum Gasteiger partial charge on any atom is -0.467 e. The molecular weight excluding hydrogens is 350 g/mol. The highest BCUT2D eigenvalue weighted by atomic mass is 16.5. The Morgan fingerprint density at radius 1 is 1.22 bits per heavy atom. The molecule has 0 aliphatic carbocycles. The standard InChI is InChI=1S/C17H15N7O3/c1-11-20-17(23-27-11)13-4-2-12(3-5-13)8-18-15(25)9-26-16-7-6-14-21-19-10-24(14)22-16/h2-7,10H,8-9H2,1H3,(H,18,25). The molecule has 0 saturated carbocycles. The number of aryl methyl sites for hydroxylation is 1. The third kappa shape index (κ3) is 3.89. The summed E-state index contributed by atoms with van der Waals surface area (Å²) >= 11 is 0. The van der Waals surface area contributed by atoms with Crippen LogP contribution in [0.5, 0.6) is 5.88 Å². The number of hydrogen-bond acceptors (Lipinski definition) is 8. The second-order valence-electron chi connectivity index (χ2n) is 5.70. The van der Waals surface area contributed by atoms with E-state index < -0.39 is 0 Å². The minimum atomic E-state index is -0.251. The van der Waals surface area contributed by atoms with Crippen molar-refractivity contribution in [1.82, 2.24) is 35.3 Å². The van der Waals surface area contributed by atoms with Gasteiger partial charge in [0.2, 0.25) is 17.6 Å². The minimum absolute atomic E-state index is 0.138. The van der Waals surface area contributed by atoms with Crippen LogP contribution in [0.2, 0.25) is 0 Å². The smallest absolute Gasteiger partial charge is 0.258 e. The Bertz CT molecular complexity index is 1070. The number of rotatable bonds is 6. The number of nitrogens with one attached hydrogen (secondary N) is 1. The molecule has 1 N–H and O–H groups in total. The Morgan fingerprint density at radius 3 is 2.85 bits per heavy atom.